The molecule has 1 aromatic heterocycles. The van der Waals surface area contributed by atoms with E-state index in [4.69, 9.17) is 11.6 Å². The van der Waals surface area contributed by atoms with Crippen molar-refractivity contribution in [3.05, 3.63) is 17.0 Å². The van der Waals surface area contributed by atoms with Gasteiger partial charge in [0.2, 0.25) is 0 Å². The Balaban J connectivity index is 2.25. The fraction of sp³-hybridized carbons (Fsp3) is 0.667. The second-order valence-corrected chi connectivity index (χ2v) is 8.30. The molecule has 3 nitrogen and oxygen atoms in total. The van der Waals surface area contributed by atoms with Gasteiger partial charge in [0.15, 0.2) is 0 Å². The number of sulfonamides is 1. The van der Waals surface area contributed by atoms with Gasteiger partial charge in [-0.25, -0.2) is 8.42 Å². The zero-order valence-electron chi connectivity index (χ0n) is 10.6. The summed E-state index contributed by atoms with van der Waals surface area (Å²) in [7, 11) is -3.33. The summed E-state index contributed by atoms with van der Waals surface area (Å²) in [6.45, 7) is 4.79. The molecule has 102 valence electrons. The van der Waals surface area contributed by atoms with Gasteiger partial charge in [0.25, 0.3) is 10.0 Å². The molecule has 0 N–H and O–H groups in total. The van der Waals surface area contributed by atoms with Crippen LogP contribution in [0.1, 0.15) is 32.3 Å². The zero-order chi connectivity index (χ0) is 13.3. The molecular weight excluding hydrogens is 290 g/mol. The standard InChI is InChI=1S/C12H18ClNO2S2/c1-9-3-4-14(10(2)5-9)18(15,16)12-6-11(7-13)8-17-12/h6,8-10H,3-5,7H2,1-2H3. The molecule has 1 saturated heterocycles. The van der Waals surface area contributed by atoms with Crippen molar-refractivity contribution in [1.29, 1.82) is 0 Å². The molecule has 1 aliphatic rings. The maximum Gasteiger partial charge on any atom is 0.252 e. The van der Waals surface area contributed by atoms with Crippen molar-refractivity contribution in [3.8, 4) is 0 Å². The van der Waals surface area contributed by atoms with Crippen molar-refractivity contribution in [2.45, 2.75) is 42.8 Å². The number of piperidine rings is 1. The molecule has 0 aromatic carbocycles. The Labute approximate surface area is 118 Å². The largest absolute Gasteiger partial charge is 0.252 e. The molecule has 0 aliphatic carbocycles. The number of halogens is 1. The molecule has 0 saturated carbocycles. The Morgan fingerprint density at radius 1 is 1.50 bits per heavy atom. The summed E-state index contributed by atoms with van der Waals surface area (Å²) in [5.41, 5.74) is 0.873. The first-order valence-corrected chi connectivity index (χ1v) is 8.95. The van der Waals surface area contributed by atoms with E-state index in [0.29, 0.717) is 22.6 Å². The van der Waals surface area contributed by atoms with Gasteiger partial charge in [-0.3, -0.25) is 0 Å². The first-order chi connectivity index (χ1) is 8.45. The normalized spacial score (nSPS) is 26.4. The summed E-state index contributed by atoms with van der Waals surface area (Å²) < 4.78 is 27.1. The maximum atomic E-state index is 12.5. The average Bonchev–Trinajstić information content (AvgIpc) is 2.77. The molecular formula is C12H18ClNO2S2. The Morgan fingerprint density at radius 3 is 2.78 bits per heavy atom. The van der Waals surface area contributed by atoms with Crippen LogP contribution in [0.4, 0.5) is 0 Å². The molecule has 0 spiro atoms. The summed E-state index contributed by atoms with van der Waals surface area (Å²) in [6.07, 6.45) is 1.88. The van der Waals surface area contributed by atoms with Gasteiger partial charge in [-0.15, -0.1) is 22.9 Å². The number of thiophene rings is 1. The van der Waals surface area contributed by atoms with Crippen LogP contribution in [0, 0.1) is 5.92 Å². The van der Waals surface area contributed by atoms with Gasteiger partial charge in [-0.1, -0.05) is 6.92 Å². The van der Waals surface area contributed by atoms with Crippen molar-refractivity contribution in [2.24, 2.45) is 5.92 Å². The minimum Gasteiger partial charge on any atom is -0.206 e. The van der Waals surface area contributed by atoms with Crippen molar-refractivity contribution in [3.63, 3.8) is 0 Å². The molecule has 0 amide bonds. The fourth-order valence-corrected chi connectivity index (χ4v) is 5.66. The SMILES string of the molecule is CC1CCN(S(=O)(=O)c2cc(CCl)cs2)C(C)C1. The van der Waals surface area contributed by atoms with Crippen LogP contribution in [-0.4, -0.2) is 25.3 Å². The first kappa shape index (κ1) is 14.3. The van der Waals surface area contributed by atoms with Crippen LogP contribution in [0.5, 0.6) is 0 Å². The summed E-state index contributed by atoms with van der Waals surface area (Å²) in [5.74, 6) is 0.965. The van der Waals surface area contributed by atoms with Crippen molar-refractivity contribution < 1.29 is 8.42 Å². The van der Waals surface area contributed by atoms with E-state index in [1.54, 1.807) is 10.4 Å². The van der Waals surface area contributed by atoms with Crippen molar-refractivity contribution in [2.75, 3.05) is 6.54 Å². The molecule has 1 fully saturated rings. The van der Waals surface area contributed by atoms with E-state index in [-0.39, 0.29) is 6.04 Å². The predicted molar refractivity (Wildman–Crippen MR) is 75.6 cm³/mol. The van der Waals surface area contributed by atoms with Gasteiger partial charge in [-0.05, 0) is 42.7 Å². The van der Waals surface area contributed by atoms with Crippen molar-refractivity contribution in [1.82, 2.24) is 4.31 Å². The highest BCUT2D eigenvalue weighted by atomic mass is 35.5. The number of hydrogen-bond donors (Lipinski definition) is 0. The molecule has 0 bridgehead atoms. The van der Waals surface area contributed by atoms with Gasteiger partial charge < -0.3 is 0 Å². The second-order valence-electron chi connectivity index (χ2n) is 5.00. The summed E-state index contributed by atoms with van der Waals surface area (Å²) in [6, 6.07) is 1.78. The van der Waals surface area contributed by atoms with E-state index in [2.05, 4.69) is 6.92 Å². The molecule has 2 unspecified atom stereocenters. The third kappa shape index (κ3) is 2.74. The van der Waals surface area contributed by atoms with E-state index in [1.807, 2.05) is 12.3 Å². The number of nitrogens with zero attached hydrogens (tertiary/aromatic N) is 1. The lowest BCUT2D eigenvalue weighted by Crippen LogP contribution is -2.43. The monoisotopic (exact) mass is 307 g/mol. The Morgan fingerprint density at radius 2 is 2.22 bits per heavy atom. The summed E-state index contributed by atoms with van der Waals surface area (Å²) >= 11 is 6.99. The van der Waals surface area contributed by atoms with Gasteiger partial charge in [-0.2, -0.15) is 4.31 Å². The minimum atomic E-state index is -3.33. The topological polar surface area (TPSA) is 37.4 Å². The second kappa shape index (κ2) is 5.49. The van der Waals surface area contributed by atoms with Crippen LogP contribution in [0.2, 0.25) is 0 Å². The lowest BCUT2D eigenvalue weighted by atomic mass is 9.95. The van der Waals surface area contributed by atoms with Gasteiger partial charge in [0, 0.05) is 18.5 Å². The quantitative estimate of drug-likeness (QED) is 0.804. The highest BCUT2D eigenvalue weighted by molar-refractivity contribution is 7.91. The van der Waals surface area contributed by atoms with Crippen molar-refractivity contribution >= 4 is 33.0 Å². The maximum absolute atomic E-state index is 12.5. The lowest BCUT2D eigenvalue weighted by Gasteiger charge is -2.35. The molecule has 1 aromatic rings. The Kier molecular flexibility index (Phi) is 4.36. The molecule has 1 aliphatic heterocycles. The number of hydrogen-bond acceptors (Lipinski definition) is 3. The highest BCUT2D eigenvalue weighted by Crippen LogP contribution is 2.31. The number of rotatable bonds is 3. The van der Waals surface area contributed by atoms with Crippen LogP contribution >= 0.6 is 22.9 Å². The Hall–Kier alpha value is -0.100. The Bertz CT molecular complexity index is 512. The number of alkyl halides is 1. The molecule has 2 atom stereocenters. The molecule has 0 radical (unpaired) electrons. The molecule has 18 heavy (non-hydrogen) atoms. The van der Waals surface area contributed by atoms with E-state index < -0.39 is 10.0 Å². The van der Waals surface area contributed by atoms with Crippen LogP contribution in [0.25, 0.3) is 0 Å². The first-order valence-electron chi connectivity index (χ1n) is 6.10. The molecule has 2 rings (SSSR count). The third-order valence-electron chi connectivity index (χ3n) is 3.42. The van der Waals surface area contributed by atoms with E-state index in [0.717, 1.165) is 18.4 Å². The van der Waals surface area contributed by atoms with Gasteiger partial charge in [0.1, 0.15) is 4.21 Å². The van der Waals surface area contributed by atoms with Gasteiger partial charge >= 0.3 is 0 Å². The van der Waals surface area contributed by atoms with Gasteiger partial charge in [0.05, 0.1) is 0 Å². The fourth-order valence-electron chi connectivity index (χ4n) is 2.42. The van der Waals surface area contributed by atoms with E-state index in [1.165, 1.54) is 11.3 Å². The van der Waals surface area contributed by atoms with E-state index >= 15 is 0 Å². The molecule has 6 heteroatoms. The predicted octanol–water partition coefficient (Wildman–Crippen LogP) is 3.30. The minimum absolute atomic E-state index is 0.0836. The van der Waals surface area contributed by atoms with Crippen LogP contribution in [0.3, 0.4) is 0 Å². The zero-order valence-corrected chi connectivity index (χ0v) is 13.0. The van der Waals surface area contributed by atoms with Crippen LogP contribution in [-0.2, 0) is 15.9 Å². The highest BCUT2D eigenvalue weighted by Gasteiger charge is 2.33. The average molecular weight is 308 g/mol. The lowest BCUT2D eigenvalue weighted by molar-refractivity contribution is 0.220. The summed E-state index contributed by atoms with van der Waals surface area (Å²) in [4.78, 5) is 0. The van der Waals surface area contributed by atoms with Crippen LogP contribution in [0.15, 0.2) is 15.7 Å². The van der Waals surface area contributed by atoms with Crippen LogP contribution < -0.4 is 0 Å². The smallest absolute Gasteiger partial charge is 0.206 e. The third-order valence-corrected chi connectivity index (χ3v) is 7.21. The van der Waals surface area contributed by atoms with E-state index in [9.17, 15) is 8.42 Å². The summed E-state index contributed by atoms with van der Waals surface area (Å²) in [5, 5.41) is 1.82. The molecule has 2 heterocycles.